The second-order valence-corrected chi connectivity index (χ2v) is 6.28. The molecule has 2 heterocycles. The van der Waals surface area contributed by atoms with Gasteiger partial charge in [-0.25, -0.2) is 9.37 Å². The van der Waals surface area contributed by atoms with E-state index in [4.69, 9.17) is 0 Å². The number of halogens is 1. The van der Waals surface area contributed by atoms with E-state index in [1.54, 1.807) is 36.7 Å². The molecule has 0 spiro atoms. The molecule has 0 atom stereocenters. The van der Waals surface area contributed by atoms with Crippen molar-refractivity contribution in [3.63, 3.8) is 0 Å². The summed E-state index contributed by atoms with van der Waals surface area (Å²) in [5, 5.41) is 3.27. The van der Waals surface area contributed by atoms with E-state index >= 15 is 0 Å². The van der Waals surface area contributed by atoms with E-state index in [1.807, 2.05) is 31.2 Å². The first-order valence-electron chi connectivity index (χ1n) is 8.49. The Morgan fingerprint density at radius 2 is 1.85 bits per heavy atom. The van der Waals surface area contributed by atoms with E-state index in [1.165, 1.54) is 12.1 Å². The van der Waals surface area contributed by atoms with Gasteiger partial charge in [0, 0.05) is 17.1 Å². The van der Waals surface area contributed by atoms with E-state index in [2.05, 4.69) is 15.3 Å². The zero-order valence-electron chi connectivity index (χ0n) is 14.6. The molecule has 0 bridgehead atoms. The Kier molecular flexibility index (Phi) is 4.34. The van der Waals surface area contributed by atoms with Gasteiger partial charge in [-0.15, -0.1) is 0 Å². The van der Waals surface area contributed by atoms with Crippen LogP contribution in [0.2, 0.25) is 0 Å². The largest absolute Gasteiger partial charge is 0.321 e. The highest BCUT2D eigenvalue weighted by atomic mass is 19.1. The summed E-state index contributed by atoms with van der Waals surface area (Å²) in [5.74, 6) is -0.753. The average Bonchev–Trinajstić information content (AvgIpc) is 2.68. The van der Waals surface area contributed by atoms with E-state index in [0.717, 1.165) is 11.1 Å². The van der Waals surface area contributed by atoms with E-state index in [0.29, 0.717) is 27.8 Å². The highest BCUT2D eigenvalue weighted by Crippen LogP contribution is 2.26. The number of benzene rings is 2. The number of hydrogen-bond donors (Lipinski definition) is 1. The van der Waals surface area contributed by atoms with Crippen molar-refractivity contribution in [3.8, 4) is 11.3 Å². The van der Waals surface area contributed by atoms with Crippen LogP contribution in [0.4, 0.5) is 10.1 Å². The minimum absolute atomic E-state index is 0.339. The van der Waals surface area contributed by atoms with Gasteiger partial charge in [0.15, 0.2) is 0 Å². The topological polar surface area (TPSA) is 54.9 Å². The van der Waals surface area contributed by atoms with E-state index in [-0.39, 0.29) is 5.91 Å². The molecule has 2 aromatic heterocycles. The Morgan fingerprint density at radius 1 is 1.04 bits per heavy atom. The number of rotatable bonds is 3. The lowest BCUT2D eigenvalue weighted by atomic mass is 10.0. The third kappa shape index (κ3) is 3.53. The van der Waals surface area contributed by atoms with Crippen LogP contribution >= 0.6 is 0 Å². The minimum Gasteiger partial charge on any atom is -0.321 e. The summed E-state index contributed by atoms with van der Waals surface area (Å²) in [5.41, 5.74) is 4.18. The van der Waals surface area contributed by atoms with Crippen LogP contribution in [-0.2, 0) is 0 Å². The zero-order valence-corrected chi connectivity index (χ0v) is 14.6. The summed E-state index contributed by atoms with van der Waals surface area (Å²) in [7, 11) is 0. The molecule has 4 aromatic rings. The number of fused-ring (bicyclic) bond motifs is 1. The molecule has 27 heavy (non-hydrogen) atoms. The van der Waals surface area contributed by atoms with Crippen LogP contribution in [0.5, 0.6) is 0 Å². The fourth-order valence-corrected chi connectivity index (χ4v) is 2.89. The third-order valence-corrected chi connectivity index (χ3v) is 4.28. The molecule has 0 saturated heterocycles. The fraction of sp³-hybridized carbons (Fsp3) is 0.0455. The Hall–Kier alpha value is -3.60. The Labute approximate surface area is 155 Å². The molecule has 132 valence electrons. The molecule has 1 N–H and O–H groups in total. The smallest absolute Gasteiger partial charge is 0.256 e. The lowest BCUT2D eigenvalue weighted by Gasteiger charge is -2.11. The molecule has 0 aliphatic carbocycles. The SMILES string of the molecule is Cc1ccc(-c2cc(C(=O)Nc3cccnc3)c3cc(F)ccc3n2)cc1. The van der Waals surface area contributed by atoms with Gasteiger partial charge in [-0.05, 0) is 43.3 Å². The van der Waals surface area contributed by atoms with Gasteiger partial charge in [-0.2, -0.15) is 0 Å². The molecule has 1 amide bonds. The van der Waals surface area contributed by atoms with E-state index in [9.17, 15) is 9.18 Å². The summed E-state index contributed by atoms with van der Waals surface area (Å²) in [4.78, 5) is 21.5. The van der Waals surface area contributed by atoms with Crippen molar-refractivity contribution in [2.45, 2.75) is 6.92 Å². The lowest BCUT2D eigenvalue weighted by Crippen LogP contribution is -2.13. The quantitative estimate of drug-likeness (QED) is 0.561. The molecular weight excluding hydrogens is 341 g/mol. The minimum atomic E-state index is -0.414. The molecule has 0 aliphatic heterocycles. The van der Waals surface area contributed by atoms with Crippen molar-refractivity contribution >= 4 is 22.5 Å². The molecule has 0 saturated carbocycles. The molecule has 0 aliphatic rings. The number of carbonyl (C=O) groups is 1. The maximum atomic E-state index is 13.8. The molecule has 4 rings (SSSR count). The lowest BCUT2D eigenvalue weighted by molar-refractivity contribution is 0.102. The second-order valence-electron chi connectivity index (χ2n) is 6.28. The Morgan fingerprint density at radius 3 is 2.59 bits per heavy atom. The van der Waals surface area contributed by atoms with Crippen LogP contribution in [0.1, 0.15) is 15.9 Å². The van der Waals surface area contributed by atoms with Gasteiger partial charge in [-0.3, -0.25) is 9.78 Å². The van der Waals surface area contributed by atoms with Crippen LogP contribution < -0.4 is 5.32 Å². The van der Waals surface area contributed by atoms with Crippen molar-refractivity contribution in [1.82, 2.24) is 9.97 Å². The van der Waals surface area contributed by atoms with Gasteiger partial charge in [0.1, 0.15) is 5.82 Å². The molecule has 2 aromatic carbocycles. The summed E-state index contributed by atoms with van der Waals surface area (Å²) >= 11 is 0. The van der Waals surface area contributed by atoms with Crippen molar-refractivity contribution in [2.75, 3.05) is 5.32 Å². The summed E-state index contributed by atoms with van der Waals surface area (Å²) in [6.45, 7) is 2.01. The van der Waals surface area contributed by atoms with Gasteiger partial charge in [0.05, 0.1) is 28.7 Å². The first kappa shape index (κ1) is 16.8. The Balaban J connectivity index is 1.84. The van der Waals surface area contributed by atoms with Crippen molar-refractivity contribution in [3.05, 3.63) is 90.0 Å². The molecule has 0 fully saturated rings. The highest BCUT2D eigenvalue weighted by molar-refractivity contribution is 6.13. The molecule has 5 heteroatoms. The molecular formula is C22H16FN3O. The number of anilines is 1. The van der Waals surface area contributed by atoms with Crippen LogP contribution in [0.15, 0.2) is 73.1 Å². The number of nitrogens with zero attached hydrogens (tertiary/aromatic N) is 2. The first-order valence-corrected chi connectivity index (χ1v) is 8.49. The number of pyridine rings is 2. The monoisotopic (exact) mass is 357 g/mol. The number of aryl methyl sites for hydroxylation is 1. The number of carbonyl (C=O) groups excluding carboxylic acids is 1. The van der Waals surface area contributed by atoms with Gasteiger partial charge in [-0.1, -0.05) is 29.8 Å². The summed E-state index contributed by atoms with van der Waals surface area (Å²) < 4.78 is 13.8. The fourth-order valence-electron chi connectivity index (χ4n) is 2.89. The van der Waals surface area contributed by atoms with E-state index < -0.39 is 5.82 Å². The third-order valence-electron chi connectivity index (χ3n) is 4.28. The Bertz CT molecular complexity index is 1130. The normalized spacial score (nSPS) is 10.7. The average molecular weight is 357 g/mol. The van der Waals surface area contributed by atoms with Gasteiger partial charge in [0.25, 0.3) is 5.91 Å². The van der Waals surface area contributed by atoms with Gasteiger partial charge in [0.2, 0.25) is 0 Å². The van der Waals surface area contributed by atoms with Crippen LogP contribution in [0.3, 0.4) is 0 Å². The highest BCUT2D eigenvalue weighted by Gasteiger charge is 2.15. The van der Waals surface area contributed by atoms with Crippen LogP contribution in [0.25, 0.3) is 22.2 Å². The first-order chi connectivity index (χ1) is 13.1. The standard InChI is InChI=1S/C22H16FN3O/c1-14-4-6-15(7-5-14)21-12-19(18-11-16(23)8-9-20(18)26-21)22(27)25-17-3-2-10-24-13-17/h2-13H,1H3,(H,25,27). The molecule has 4 nitrogen and oxygen atoms in total. The second kappa shape index (κ2) is 6.96. The van der Waals surface area contributed by atoms with Crippen molar-refractivity contribution in [1.29, 1.82) is 0 Å². The molecule has 0 unspecified atom stereocenters. The van der Waals surface area contributed by atoms with Gasteiger partial charge >= 0.3 is 0 Å². The number of nitrogens with one attached hydrogen (secondary N) is 1. The summed E-state index contributed by atoms with van der Waals surface area (Å²) in [6.07, 6.45) is 3.19. The maximum absolute atomic E-state index is 13.8. The summed E-state index contributed by atoms with van der Waals surface area (Å²) in [6, 6.07) is 17.3. The van der Waals surface area contributed by atoms with Crippen molar-refractivity contribution in [2.24, 2.45) is 0 Å². The molecule has 0 radical (unpaired) electrons. The number of hydrogen-bond acceptors (Lipinski definition) is 3. The van der Waals surface area contributed by atoms with Gasteiger partial charge < -0.3 is 5.32 Å². The predicted octanol–water partition coefficient (Wildman–Crippen LogP) is 5.00. The van der Waals surface area contributed by atoms with Crippen LogP contribution in [-0.4, -0.2) is 15.9 Å². The predicted molar refractivity (Wildman–Crippen MR) is 104 cm³/mol. The zero-order chi connectivity index (χ0) is 18.8. The van der Waals surface area contributed by atoms with Crippen LogP contribution in [0, 0.1) is 12.7 Å². The maximum Gasteiger partial charge on any atom is 0.256 e. The van der Waals surface area contributed by atoms with Crippen molar-refractivity contribution < 1.29 is 9.18 Å². The number of aromatic nitrogens is 2. The number of amides is 1.